The number of nitrogens with zero attached hydrogens (tertiary/aromatic N) is 1. The lowest BCUT2D eigenvalue weighted by Crippen LogP contribution is -2.35. The summed E-state index contributed by atoms with van der Waals surface area (Å²) in [5.74, 6) is 5.64. The van der Waals surface area contributed by atoms with Crippen molar-refractivity contribution in [1.29, 1.82) is 0 Å². The third-order valence-electron chi connectivity index (χ3n) is 3.07. The minimum atomic E-state index is -0.0570. The van der Waals surface area contributed by atoms with E-state index in [0.29, 0.717) is 17.7 Å². The van der Waals surface area contributed by atoms with Gasteiger partial charge in [0.25, 0.3) is 5.91 Å². The standard InChI is InChI=1S/C15H18N2O2/c16-9-3-5-12-4-1-2-6-14(12)15(19)17(10-11-18)13-7-8-13/h1-2,4,6,13,18H,7-11,16H2. The van der Waals surface area contributed by atoms with Crippen LogP contribution in [0.3, 0.4) is 0 Å². The van der Waals surface area contributed by atoms with Gasteiger partial charge in [0.05, 0.1) is 18.7 Å². The number of carbonyl (C=O) groups is 1. The molecule has 1 fully saturated rings. The van der Waals surface area contributed by atoms with Crippen molar-refractivity contribution in [1.82, 2.24) is 4.90 Å². The summed E-state index contributed by atoms with van der Waals surface area (Å²) >= 11 is 0. The lowest BCUT2D eigenvalue weighted by Gasteiger charge is -2.22. The molecule has 1 aliphatic carbocycles. The Hall–Kier alpha value is -1.83. The minimum Gasteiger partial charge on any atom is -0.395 e. The third kappa shape index (κ3) is 3.34. The van der Waals surface area contributed by atoms with Crippen LogP contribution < -0.4 is 5.73 Å². The van der Waals surface area contributed by atoms with Crippen molar-refractivity contribution >= 4 is 5.91 Å². The van der Waals surface area contributed by atoms with Crippen molar-refractivity contribution in [2.45, 2.75) is 18.9 Å². The molecular formula is C15H18N2O2. The number of carbonyl (C=O) groups excluding carboxylic acids is 1. The smallest absolute Gasteiger partial charge is 0.255 e. The number of hydrogen-bond acceptors (Lipinski definition) is 3. The SMILES string of the molecule is NCC#Cc1ccccc1C(=O)N(CCO)C1CC1. The van der Waals surface area contributed by atoms with Gasteiger partial charge in [-0.2, -0.15) is 0 Å². The summed E-state index contributed by atoms with van der Waals surface area (Å²) in [6.07, 6.45) is 2.03. The maximum absolute atomic E-state index is 12.5. The summed E-state index contributed by atoms with van der Waals surface area (Å²) < 4.78 is 0. The second-order valence-corrected chi connectivity index (χ2v) is 4.50. The molecule has 19 heavy (non-hydrogen) atoms. The van der Waals surface area contributed by atoms with Crippen molar-refractivity contribution in [2.75, 3.05) is 19.7 Å². The summed E-state index contributed by atoms with van der Waals surface area (Å²) in [5.41, 5.74) is 6.65. The highest BCUT2D eigenvalue weighted by Gasteiger charge is 2.33. The number of rotatable bonds is 4. The van der Waals surface area contributed by atoms with Gasteiger partial charge in [-0.05, 0) is 25.0 Å². The molecule has 0 aromatic heterocycles. The molecule has 1 aromatic rings. The van der Waals surface area contributed by atoms with Gasteiger partial charge in [0, 0.05) is 18.2 Å². The van der Waals surface area contributed by atoms with E-state index in [4.69, 9.17) is 10.8 Å². The van der Waals surface area contributed by atoms with Gasteiger partial charge >= 0.3 is 0 Å². The molecule has 1 amide bonds. The van der Waals surface area contributed by atoms with Crippen LogP contribution in [0.5, 0.6) is 0 Å². The number of hydrogen-bond donors (Lipinski definition) is 2. The Morgan fingerprint density at radius 3 is 2.79 bits per heavy atom. The van der Waals surface area contributed by atoms with E-state index < -0.39 is 0 Å². The summed E-state index contributed by atoms with van der Waals surface area (Å²) in [6.45, 7) is 0.631. The molecule has 2 rings (SSSR count). The van der Waals surface area contributed by atoms with Crippen LogP contribution in [0.4, 0.5) is 0 Å². The van der Waals surface area contributed by atoms with Crippen molar-refractivity contribution in [3.63, 3.8) is 0 Å². The average molecular weight is 258 g/mol. The van der Waals surface area contributed by atoms with Gasteiger partial charge in [0.2, 0.25) is 0 Å². The van der Waals surface area contributed by atoms with Gasteiger partial charge in [-0.15, -0.1) is 0 Å². The Labute approximate surface area is 113 Å². The largest absolute Gasteiger partial charge is 0.395 e. The van der Waals surface area contributed by atoms with Gasteiger partial charge in [-0.3, -0.25) is 4.79 Å². The van der Waals surface area contributed by atoms with E-state index in [-0.39, 0.29) is 25.1 Å². The second kappa shape index (κ2) is 6.37. The lowest BCUT2D eigenvalue weighted by molar-refractivity contribution is 0.0707. The number of aliphatic hydroxyl groups excluding tert-OH is 1. The third-order valence-corrected chi connectivity index (χ3v) is 3.07. The summed E-state index contributed by atoms with van der Waals surface area (Å²) in [5, 5.41) is 9.08. The monoisotopic (exact) mass is 258 g/mol. The van der Waals surface area contributed by atoms with Crippen LogP contribution in [0.25, 0.3) is 0 Å². The first-order valence-corrected chi connectivity index (χ1v) is 6.47. The van der Waals surface area contributed by atoms with Crippen LogP contribution in [0, 0.1) is 11.8 Å². The highest BCUT2D eigenvalue weighted by Crippen LogP contribution is 2.28. The van der Waals surface area contributed by atoms with Crippen LogP contribution in [-0.2, 0) is 0 Å². The van der Waals surface area contributed by atoms with E-state index >= 15 is 0 Å². The fraction of sp³-hybridized carbons (Fsp3) is 0.400. The molecule has 4 nitrogen and oxygen atoms in total. The number of aliphatic hydroxyl groups is 1. The van der Waals surface area contributed by atoms with Crippen LogP contribution in [0.15, 0.2) is 24.3 Å². The van der Waals surface area contributed by atoms with Gasteiger partial charge < -0.3 is 15.7 Å². The summed E-state index contributed by atoms with van der Waals surface area (Å²) in [7, 11) is 0. The lowest BCUT2D eigenvalue weighted by atomic mass is 10.1. The van der Waals surface area contributed by atoms with E-state index in [0.717, 1.165) is 12.8 Å². The van der Waals surface area contributed by atoms with Crippen LogP contribution in [0.1, 0.15) is 28.8 Å². The number of benzene rings is 1. The summed E-state index contributed by atoms with van der Waals surface area (Å²) in [4.78, 5) is 14.3. The quantitative estimate of drug-likeness (QED) is 0.777. The molecular weight excluding hydrogens is 240 g/mol. The van der Waals surface area contributed by atoms with Crippen LogP contribution in [-0.4, -0.2) is 41.7 Å². The Morgan fingerprint density at radius 2 is 2.16 bits per heavy atom. The van der Waals surface area contributed by atoms with Crippen molar-refractivity contribution < 1.29 is 9.90 Å². The molecule has 3 N–H and O–H groups in total. The van der Waals surface area contributed by atoms with Gasteiger partial charge in [-0.1, -0.05) is 24.0 Å². The minimum absolute atomic E-state index is 0.0150. The number of amides is 1. The van der Waals surface area contributed by atoms with E-state index in [1.807, 2.05) is 18.2 Å². The van der Waals surface area contributed by atoms with Crippen molar-refractivity contribution in [2.24, 2.45) is 5.73 Å². The van der Waals surface area contributed by atoms with Crippen LogP contribution >= 0.6 is 0 Å². The van der Waals surface area contributed by atoms with E-state index in [1.54, 1.807) is 11.0 Å². The van der Waals surface area contributed by atoms with Gasteiger partial charge in [0.15, 0.2) is 0 Å². The molecule has 0 bridgehead atoms. The fourth-order valence-corrected chi connectivity index (χ4v) is 2.02. The highest BCUT2D eigenvalue weighted by molar-refractivity contribution is 5.97. The Bertz CT molecular complexity index is 512. The zero-order chi connectivity index (χ0) is 13.7. The average Bonchev–Trinajstić information content (AvgIpc) is 3.26. The predicted molar refractivity (Wildman–Crippen MR) is 73.5 cm³/mol. The van der Waals surface area contributed by atoms with E-state index in [9.17, 15) is 4.79 Å². The fourth-order valence-electron chi connectivity index (χ4n) is 2.02. The van der Waals surface area contributed by atoms with E-state index in [1.165, 1.54) is 0 Å². The van der Waals surface area contributed by atoms with Crippen molar-refractivity contribution in [3.05, 3.63) is 35.4 Å². The van der Waals surface area contributed by atoms with Gasteiger partial charge in [0.1, 0.15) is 0 Å². The van der Waals surface area contributed by atoms with Crippen molar-refractivity contribution in [3.8, 4) is 11.8 Å². The topological polar surface area (TPSA) is 66.6 Å². The molecule has 1 aromatic carbocycles. The zero-order valence-electron chi connectivity index (χ0n) is 10.8. The molecule has 0 atom stereocenters. The van der Waals surface area contributed by atoms with Gasteiger partial charge in [-0.25, -0.2) is 0 Å². The Balaban J connectivity index is 2.26. The maximum atomic E-state index is 12.5. The zero-order valence-corrected chi connectivity index (χ0v) is 10.8. The molecule has 100 valence electrons. The first-order valence-electron chi connectivity index (χ1n) is 6.47. The molecule has 0 aliphatic heterocycles. The summed E-state index contributed by atoms with van der Waals surface area (Å²) in [6, 6.07) is 7.54. The molecule has 1 aliphatic rings. The Kier molecular flexibility index (Phi) is 4.56. The van der Waals surface area contributed by atoms with Crippen LogP contribution in [0.2, 0.25) is 0 Å². The molecule has 0 heterocycles. The number of nitrogens with two attached hydrogens (primary N) is 1. The normalized spacial score (nSPS) is 13.6. The van der Waals surface area contributed by atoms with E-state index in [2.05, 4.69) is 11.8 Å². The molecule has 0 unspecified atom stereocenters. The predicted octanol–water partition coefficient (Wildman–Crippen LogP) is 0.594. The second-order valence-electron chi connectivity index (χ2n) is 4.50. The molecule has 1 saturated carbocycles. The first-order chi connectivity index (χ1) is 9.27. The molecule has 0 radical (unpaired) electrons. The molecule has 0 saturated heterocycles. The first kappa shape index (κ1) is 13.6. The highest BCUT2D eigenvalue weighted by atomic mass is 16.3. The molecule has 4 heteroatoms. The Morgan fingerprint density at radius 1 is 1.42 bits per heavy atom. The molecule has 0 spiro atoms. The maximum Gasteiger partial charge on any atom is 0.255 e.